The third-order valence-electron chi connectivity index (χ3n) is 4.41. The van der Waals surface area contributed by atoms with Crippen molar-refractivity contribution < 1.29 is 23.1 Å². The van der Waals surface area contributed by atoms with Crippen LogP contribution in [0.5, 0.6) is 5.75 Å². The van der Waals surface area contributed by atoms with Crippen LogP contribution in [0.2, 0.25) is 5.02 Å². The van der Waals surface area contributed by atoms with Gasteiger partial charge in [0.1, 0.15) is 4.90 Å². The Hall–Kier alpha value is -1.48. The van der Waals surface area contributed by atoms with Crippen LogP contribution in [-0.4, -0.2) is 43.6 Å². The van der Waals surface area contributed by atoms with Crippen LogP contribution in [0.1, 0.15) is 33.6 Å². The first-order valence-electron chi connectivity index (χ1n) is 8.78. The highest BCUT2D eigenvalue weighted by Gasteiger charge is 2.40. The molecule has 0 spiro atoms. The highest BCUT2D eigenvalue weighted by atomic mass is 35.5. The van der Waals surface area contributed by atoms with Gasteiger partial charge in [0.15, 0.2) is 15.6 Å². The summed E-state index contributed by atoms with van der Waals surface area (Å²) in [6.45, 7) is 4.98. The van der Waals surface area contributed by atoms with Gasteiger partial charge in [0.05, 0.1) is 28.1 Å². The summed E-state index contributed by atoms with van der Waals surface area (Å²) >= 11 is 12.1. The Bertz CT molecular complexity index is 884. The minimum Gasteiger partial charge on any atom is -0.504 e. The summed E-state index contributed by atoms with van der Waals surface area (Å²) in [6, 6.07) is 1.71. The molecule has 1 aromatic carbocycles. The zero-order chi connectivity index (χ0) is 21.1. The van der Waals surface area contributed by atoms with Gasteiger partial charge in [-0.1, -0.05) is 29.3 Å². The van der Waals surface area contributed by atoms with Crippen molar-refractivity contribution in [1.29, 1.82) is 0 Å². The lowest BCUT2D eigenvalue weighted by atomic mass is 10.2. The van der Waals surface area contributed by atoms with Crippen LogP contribution in [0.3, 0.4) is 0 Å². The van der Waals surface area contributed by atoms with E-state index in [0.29, 0.717) is 18.1 Å². The van der Waals surface area contributed by atoms with E-state index in [-0.39, 0.29) is 23.4 Å². The number of sulfone groups is 1. The maximum Gasteiger partial charge on any atom is 0.319 e. The number of carbonyl (C=O) groups is 1. The Labute approximate surface area is 175 Å². The molecule has 1 aromatic rings. The van der Waals surface area contributed by atoms with Crippen molar-refractivity contribution in [1.82, 2.24) is 5.32 Å². The average molecular weight is 451 g/mol. The van der Waals surface area contributed by atoms with Gasteiger partial charge in [-0.2, -0.15) is 0 Å². The first-order chi connectivity index (χ1) is 13.0. The summed E-state index contributed by atoms with van der Waals surface area (Å²) in [5, 5.41) is 16.1. The number of benzene rings is 1. The van der Waals surface area contributed by atoms with Crippen molar-refractivity contribution >= 4 is 44.8 Å². The number of carbonyl (C=O) groups excluding carboxylic acids is 1. The number of phenolic OH excluding ortho intramolecular Hbond substituents is 1. The topological polar surface area (TPSA) is 105 Å². The number of hydrogen-bond donors (Lipinski definition) is 3. The molecule has 1 unspecified atom stereocenters. The second kappa shape index (κ2) is 8.90. The molecule has 1 aliphatic rings. The first-order valence-corrected chi connectivity index (χ1v) is 11.0. The van der Waals surface area contributed by atoms with Crippen molar-refractivity contribution in [3.8, 4) is 5.75 Å². The van der Waals surface area contributed by atoms with E-state index >= 15 is 0 Å². The second-order valence-corrected chi connectivity index (χ2v) is 10.4. The van der Waals surface area contributed by atoms with E-state index in [1.54, 1.807) is 6.92 Å². The average Bonchev–Trinajstić information content (AvgIpc) is 3.00. The van der Waals surface area contributed by atoms with Crippen molar-refractivity contribution in [2.45, 2.75) is 49.3 Å². The highest BCUT2D eigenvalue weighted by Crippen LogP contribution is 2.41. The Kier molecular flexibility index (Phi) is 7.25. The zero-order valence-electron chi connectivity index (χ0n) is 15.9. The molecular weight excluding hydrogens is 427 g/mol. The molecule has 2 rings (SSSR count). The highest BCUT2D eigenvalue weighted by molar-refractivity contribution is 7.93. The second-order valence-electron chi connectivity index (χ2n) is 6.99. The molecule has 1 aliphatic carbocycles. The van der Waals surface area contributed by atoms with Gasteiger partial charge >= 0.3 is 6.03 Å². The molecule has 0 aromatic heterocycles. The molecule has 156 valence electrons. The molecule has 10 heteroatoms. The predicted octanol–water partition coefficient (Wildman–Crippen LogP) is 4.04. The molecule has 0 saturated carbocycles. The van der Waals surface area contributed by atoms with Gasteiger partial charge in [0, 0.05) is 11.6 Å². The number of halogens is 2. The standard InChI is InChI=1S/C18H24Cl2N2O5S/c1-4-27-10-18(2,3)28(25,26)16-12(20)8-9-14(15(16)23)22-17(24)21-13-7-5-6-11(13)19/h6,8-9,13,23H,4-5,7,10H2,1-3H3,(H2,21,22,24). The normalized spacial score (nSPS) is 17.3. The third-order valence-corrected chi connectivity index (χ3v) is 7.78. The largest absolute Gasteiger partial charge is 0.504 e. The van der Waals surface area contributed by atoms with E-state index in [2.05, 4.69) is 10.6 Å². The lowest BCUT2D eigenvalue weighted by molar-refractivity contribution is 0.129. The number of urea groups is 1. The van der Waals surface area contributed by atoms with Crippen LogP contribution in [0.15, 0.2) is 28.1 Å². The van der Waals surface area contributed by atoms with Gasteiger partial charge in [-0.25, -0.2) is 13.2 Å². The van der Waals surface area contributed by atoms with E-state index in [4.69, 9.17) is 27.9 Å². The van der Waals surface area contributed by atoms with Gasteiger partial charge in [0.2, 0.25) is 0 Å². The number of phenols is 1. The van der Waals surface area contributed by atoms with E-state index in [9.17, 15) is 18.3 Å². The molecule has 1 atom stereocenters. The molecule has 0 radical (unpaired) electrons. The van der Waals surface area contributed by atoms with Crippen LogP contribution in [0, 0.1) is 0 Å². The van der Waals surface area contributed by atoms with Crippen LogP contribution < -0.4 is 10.6 Å². The van der Waals surface area contributed by atoms with E-state index in [0.717, 1.165) is 6.42 Å². The maximum atomic E-state index is 13.1. The first kappa shape index (κ1) is 22.8. The summed E-state index contributed by atoms with van der Waals surface area (Å²) < 4.78 is 30.1. The number of rotatable bonds is 7. The van der Waals surface area contributed by atoms with Crippen LogP contribution in [0.4, 0.5) is 10.5 Å². The molecule has 28 heavy (non-hydrogen) atoms. The van der Waals surface area contributed by atoms with Crippen LogP contribution >= 0.6 is 23.2 Å². The van der Waals surface area contributed by atoms with Crippen molar-refractivity contribution in [3.63, 3.8) is 0 Å². The van der Waals surface area contributed by atoms with Gasteiger partial charge in [-0.05, 0) is 45.7 Å². The van der Waals surface area contributed by atoms with Crippen LogP contribution in [0.25, 0.3) is 0 Å². The number of allylic oxidation sites excluding steroid dienone is 1. The fraction of sp³-hybridized carbons (Fsp3) is 0.500. The molecule has 0 heterocycles. The number of ether oxygens (including phenoxy) is 1. The molecule has 3 N–H and O–H groups in total. The van der Waals surface area contributed by atoms with Gasteiger partial charge in [-0.15, -0.1) is 0 Å². The molecule has 0 bridgehead atoms. The number of nitrogens with one attached hydrogen (secondary N) is 2. The SMILES string of the molecule is CCOCC(C)(C)S(=O)(=O)c1c(Cl)ccc(NC(=O)NC2CCC=C2Cl)c1O. The minimum atomic E-state index is -4.07. The summed E-state index contributed by atoms with van der Waals surface area (Å²) in [5.74, 6) is -0.625. The minimum absolute atomic E-state index is 0.0771. The number of amides is 2. The van der Waals surface area contributed by atoms with Crippen LogP contribution in [-0.2, 0) is 14.6 Å². The Morgan fingerprint density at radius 2 is 2.04 bits per heavy atom. The van der Waals surface area contributed by atoms with Crippen molar-refractivity contribution in [3.05, 3.63) is 28.3 Å². The molecule has 0 fully saturated rings. The van der Waals surface area contributed by atoms with Gasteiger partial charge in [-0.3, -0.25) is 0 Å². The van der Waals surface area contributed by atoms with E-state index < -0.39 is 31.3 Å². The monoisotopic (exact) mass is 450 g/mol. The number of hydrogen-bond acceptors (Lipinski definition) is 5. The zero-order valence-corrected chi connectivity index (χ0v) is 18.2. The molecule has 7 nitrogen and oxygen atoms in total. The molecule has 2 amide bonds. The Morgan fingerprint density at radius 1 is 1.36 bits per heavy atom. The smallest absolute Gasteiger partial charge is 0.319 e. The van der Waals surface area contributed by atoms with Gasteiger partial charge < -0.3 is 20.5 Å². The fourth-order valence-electron chi connectivity index (χ4n) is 2.73. The van der Waals surface area contributed by atoms with Crippen molar-refractivity contribution in [2.75, 3.05) is 18.5 Å². The quantitative estimate of drug-likeness (QED) is 0.543. The van der Waals surface area contributed by atoms with E-state index in [1.165, 1.54) is 26.0 Å². The van der Waals surface area contributed by atoms with Crippen molar-refractivity contribution in [2.24, 2.45) is 0 Å². The molecule has 0 saturated heterocycles. The fourth-order valence-corrected chi connectivity index (χ4v) is 4.94. The lowest BCUT2D eigenvalue weighted by Crippen LogP contribution is -2.38. The third kappa shape index (κ3) is 4.74. The van der Waals surface area contributed by atoms with E-state index in [1.807, 2.05) is 6.08 Å². The number of aromatic hydroxyl groups is 1. The maximum absolute atomic E-state index is 13.1. The van der Waals surface area contributed by atoms with Gasteiger partial charge in [0.25, 0.3) is 0 Å². The predicted molar refractivity (Wildman–Crippen MR) is 110 cm³/mol. The Morgan fingerprint density at radius 3 is 2.61 bits per heavy atom. The lowest BCUT2D eigenvalue weighted by Gasteiger charge is -2.26. The summed E-state index contributed by atoms with van der Waals surface area (Å²) in [4.78, 5) is 11.8. The Balaban J connectivity index is 2.30. The molecule has 0 aliphatic heterocycles. The summed E-state index contributed by atoms with van der Waals surface area (Å²) in [7, 11) is -4.07. The summed E-state index contributed by atoms with van der Waals surface area (Å²) in [6.07, 6.45) is 3.24. The molecular formula is C18H24Cl2N2O5S. The summed E-state index contributed by atoms with van der Waals surface area (Å²) in [5.41, 5.74) is -0.0780. The number of anilines is 1.